The zero-order valence-electron chi connectivity index (χ0n) is 18.0. The molecule has 3 aliphatic rings. The monoisotopic (exact) mass is 538 g/mol. The van der Waals surface area contributed by atoms with Gasteiger partial charge in [-0.3, -0.25) is 0 Å². The Balaban J connectivity index is 0.000000173. The summed E-state index contributed by atoms with van der Waals surface area (Å²) >= 11 is 1.69. The minimum absolute atomic E-state index is 0. The first-order chi connectivity index (χ1) is 14.8. The third-order valence-corrected chi connectivity index (χ3v) is 6.83. The SMILES string of the molecule is [C-]1=C(c2ccoc2)C=CC1.[Cl-].[Cl-].[Zr+2]=[C]1CCCCC1.[c-]1cccc2c1Cc1ccccc1-2. The van der Waals surface area contributed by atoms with E-state index in [1.807, 2.05) is 12.1 Å². The van der Waals surface area contributed by atoms with Gasteiger partial charge in [-0.05, 0) is 6.42 Å². The fourth-order valence-electron chi connectivity index (χ4n) is 4.00. The van der Waals surface area contributed by atoms with Crippen molar-refractivity contribution in [2.45, 2.75) is 44.9 Å². The number of benzene rings is 2. The summed E-state index contributed by atoms with van der Waals surface area (Å²) in [5.74, 6) is 0. The maximum atomic E-state index is 4.93. The van der Waals surface area contributed by atoms with Gasteiger partial charge in [0.05, 0.1) is 6.26 Å². The second-order valence-electron chi connectivity index (χ2n) is 7.77. The predicted molar refractivity (Wildman–Crippen MR) is 121 cm³/mol. The number of furan rings is 1. The van der Waals surface area contributed by atoms with Crippen LogP contribution in [-0.2, 0) is 30.7 Å². The molecule has 0 unspecified atom stereocenters. The second kappa shape index (κ2) is 13.9. The second-order valence-corrected chi connectivity index (χ2v) is 9.51. The van der Waals surface area contributed by atoms with Crippen LogP contribution in [0.15, 0.2) is 77.6 Å². The van der Waals surface area contributed by atoms with Gasteiger partial charge in [-0.2, -0.15) is 47.6 Å². The Hall–Kier alpha value is -1.47. The maximum Gasteiger partial charge on any atom is -0.0253 e. The zero-order valence-corrected chi connectivity index (χ0v) is 22.0. The van der Waals surface area contributed by atoms with Crippen molar-refractivity contribution in [1.29, 1.82) is 0 Å². The Bertz CT molecular complexity index is 999. The molecule has 1 saturated carbocycles. The van der Waals surface area contributed by atoms with E-state index in [-0.39, 0.29) is 24.8 Å². The van der Waals surface area contributed by atoms with Crippen molar-refractivity contribution < 1.29 is 53.5 Å². The van der Waals surface area contributed by atoms with Crippen LogP contribution in [0, 0.1) is 12.1 Å². The fourth-order valence-corrected chi connectivity index (χ4v) is 4.87. The molecule has 1 heterocycles. The molecule has 164 valence electrons. The minimum atomic E-state index is 0. The standard InChI is InChI=1S/C13H9.C9H7O.C6H10.2ClH.Zr/c1-3-7-12-10(5-1)9-11-6-2-4-8-13(11)12;1-2-4-8(3-1)9-5-6-10-7-9;1-2-4-6-5-3-1;;;/h1-5,7-8H,9H2;1,3,5-7H,2H2;1-5H2;2*1H;/q2*-1;;;;+2/p-2. The van der Waals surface area contributed by atoms with Crippen LogP contribution in [-0.4, -0.2) is 3.21 Å². The Morgan fingerprint density at radius 3 is 2.31 bits per heavy atom. The van der Waals surface area contributed by atoms with Gasteiger partial charge >= 0.3 is 59.5 Å². The van der Waals surface area contributed by atoms with E-state index >= 15 is 0 Å². The number of fused-ring (bicyclic) bond motifs is 3. The molecule has 0 amide bonds. The first-order valence-electron chi connectivity index (χ1n) is 10.8. The van der Waals surface area contributed by atoms with Crippen LogP contribution in [0.4, 0.5) is 0 Å². The largest absolute Gasteiger partial charge is 0.179 e. The molecule has 0 N–H and O–H groups in total. The molecular weight excluding hydrogens is 514 g/mol. The van der Waals surface area contributed by atoms with E-state index in [2.05, 4.69) is 60.7 Å². The van der Waals surface area contributed by atoms with Crippen LogP contribution in [0.2, 0.25) is 0 Å². The molecule has 0 saturated heterocycles. The molecule has 1 fully saturated rings. The van der Waals surface area contributed by atoms with Crippen LogP contribution < -0.4 is 24.8 Å². The molecule has 6 rings (SSSR count). The average molecular weight is 541 g/mol. The molecule has 0 aliphatic heterocycles. The molecule has 0 radical (unpaired) electrons. The topological polar surface area (TPSA) is 13.1 Å². The van der Waals surface area contributed by atoms with Crippen molar-refractivity contribution in [3.63, 3.8) is 0 Å². The van der Waals surface area contributed by atoms with Crippen LogP contribution in [0.5, 0.6) is 0 Å². The first kappa shape index (κ1) is 26.8. The fraction of sp³-hybridized carbons (Fsp3) is 0.250. The van der Waals surface area contributed by atoms with Gasteiger partial charge in [-0.1, -0.05) is 53.4 Å². The number of hydrogen-bond acceptors (Lipinski definition) is 1. The normalized spacial score (nSPS) is 14.9. The molecule has 3 aliphatic carbocycles. The van der Waals surface area contributed by atoms with Gasteiger partial charge in [0.1, 0.15) is 0 Å². The van der Waals surface area contributed by atoms with Gasteiger partial charge in [0.25, 0.3) is 0 Å². The summed E-state index contributed by atoms with van der Waals surface area (Å²) < 4.78 is 6.74. The third-order valence-electron chi connectivity index (χ3n) is 5.60. The third kappa shape index (κ3) is 7.27. The molecule has 2 aromatic carbocycles. The van der Waals surface area contributed by atoms with Crippen molar-refractivity contribution >= 4 is 8.78 Å². The van der Waals surface area contributed by atoms with Crippen LogP contribution in [0.3, 0.4) is 0 Å². The van der Waals surface area contributed by atoms with Gasteiger partial charge < -0.3 is 29.2 Å². The molecule has 0 atom stereocenters. The van der Waals surface area contributed by atoms with Crippen molar-refractivity contribution in [1.82, 2.24) is 0 Å². The number of halogens is 2. The van der Waals surface area contributed by atoms with Crippen molar-refractivity contribution in [3.8, 4) is 11.1 Å². The van der Waals surface area contributed by atoms with E-state index in [4.69, 9.17) is 4.42 Å². The molecule has 3 aromatic rings. The van der Waals surface area contributed by atoms with E-state index in [1.165, 1.54) is 54.4 Å². The summed E-state index contributed by atoms with van der Waals surface area (Å²) in [5, 5.41) is 0. The molecule has 0 spiro atoms. The summed E-state index contributed by atoms with van der Waals surface area (Å²) in [6.07, 6.45) is 20.1. The molecule has 1 aromatic heterocycles. The Morgan fingerprint density at radius 1 is 0.875 bits per heavy atom. The zero-order chi connectivity index (χ0) is 20.6. The van der Waals surface area contributed by atoms with Gasteiger partial charge in [0, 0.05) is 6.26 Å². The van der Waals surface area contributed by atoms with E-state index in [0.717, 1.165) is 24.0 Å². The minimum Gasteiger partial charge on any atom is -0.179 e. The summed E-state index contributed by atoms with van der Waals surface area (Å²) in [6.45, 7) is 0. The molecule has 4 heteroatoms. The van der Waals surface area contributed by atoms with Gasteiger partial charge in [-0.25, -0.2) is 0 Å². The molecular formula is C28H26Cl2OZr-2. The summed E-state index contributed by atoms with van der Waals surface area (Å²) in [6, 6.07) is 20.1. The Morgan fingerprint density at radius 2 is 1.66 bits per heavy atom. The number of hydrogen-bond donors (Lipinski definition) is 0. The number of rotatable bonds is 1. The van der Waals surface area contributed by atoms with Crippen LogP contribution in [0.25, 0.3) is 16.7 Å². The summed E-state index contributed by atoms with van der Waals surface area (Å²) in [7, 11) is 0. The number of allylic oxidation sites excluding steroid dienone is 4. The quantitative estimate of drug-likeness (QED) is 0.331. The van der Waals surface area contributed by atoms with E-state index < -0.39 is 0 Å². The molecule has 1 nitrogen and oxygen atoms in total. The average Bonchev–Trinajstić information content (AvgIpc) is 3.55. The molecule has 32 heavy (non-hydrogen) atoms. The maximum absolute atomic E-state index is 4.93. The van der Waals surface area contributed by atoms with Crippen molar-refractivity contribution in [2.75, 3.05) is 0 Å². The predicted octanol–water partition coefficient (Wildman–Crippen LogP) is 1.16. The first-order valence-corrected chi connectivity index (χ1v) is 12.0. The van der Waals surface area contributed by atoms with Gasteiger partial charge in [0.2, 0.25) is 0 Å². The summed E-state index contributed by atoms with van der Waals surface area (Å²) in [5.41, 5.74) is 7.78. The molecule has 0 bridgehead atoms. The van der Waals surface area contributed by atoms with Gasteiger partial charge in [-0.15, -0.1) is 11.6 Å². The van der Waals surface area contributed by atoms with Crippen LogP contribution >= 0.6 is 0 Å². The Kier molecular flexibility index (Phi) is 11.7. The summed E-state index contributed by atoms with van der Waals surface area (Å²) in [4.78, 5) is 0. The van der Waals surface area contributed by atoms with Crippen molar-refractivity contribution in [3.05, 3.63) is 102 Å². The smallest absolute Gasteiger partial charge is 0.0253 e. The van der Waals surface area contributed by atoms with E-state index in [0.29, 0.717) is 0 Å². The van der Waals surface area contributed by atoms with E-state index in [1.54, 1.807) is 40.0 Å². The van der Waals surface area contributed by atoms with Crippen LogP contribution in [0.1, 0.15) is 55.2 Å². The van der Waals surface area contributed by atoms with Gasteiger partial charge in [0.15, 0.2) is 0 Å². The Labute approximate surface area is 219 Å². The van der Waals surface area contributed by atoms with Crippen molar-refractivity contribution in [2.24, 2.45) is 0 Å². The van der Waals surface area contributed by atoms with E-state index in [9.17, 15) is 0 Å².